The number of nitrogens with one attached hydrogen (secondary N) is 1. The van der Waals surface area contributed by atoms with Gasteiger partial charge in [0.05, 0.1) is 12.2 Å². The van der Waals surface area contributed by atoms with Crippen molar-refractivity contribution in [2.75, 3.05) is 11.9 Å². The number of rotatable bonds is 6. The molecule has 2 amide bonds. The zero-order chi connectivity index (χ0) is 18.2. The van der Waals surface area contributed by atoms with Crippen LogP contribution in [0.25, 0.3) is 0 Å². The molecule has 0 unspecified atom stereocenters. The second-order valence-electron chi connectivity index (χ2n) is 5.92. The molecule has 0 saturated heterocycles. The number of anilines is 1. The molecule has 0 radical (unpaired) electrons. The Morgan fingerprint density at radius 3 is 2.38 bits per heavy atom. The topological polar surface area (TPSA) is 45.2 Å². The molecule has 0 bridgehead atoms. The minimum atomic E-state index is -0.158. The molecule has 2 aromatic carbocycles. The Morgan fingerprint density at radius 1 is 0.962 bits per heavy atom. The molecule has 3 aromatic rings. The number of hydrogen-bond donors (Lipinski definition) is 1. The Kier molecular flexibility index (Phi) is 6.23. The fourth-order valence-corrected chi connectivity index (χ4v) is 2.71. The number of nitrogens with zero attached hydrogens (tertiary/aromatic N) is 2. The first kappa shape index (κ1) is 18.0. The minimum Gasteiger partial charge on any atom is -0.318 e. The van der Waals surface area contributed by atoms with Crippen LogP contribution in [-0.4, -0.2) is 22.5 Å². The summed E-state index contributed by atoms with van der Waals surface area (Å²) < 4.78 is 0. The van der Waals surface area contributed by atoms with Gasteiger partial charge in [0.2, 0.25) is 0 Å². The first-order valence-electron chi connectivity index (χ1n) is 8.46. The predicted octanol–water partition coefficient (Wildman–Crippen LogP) is 5.01. The summed E-state index contributed by atoms with van der Waals surface area (Å²) >= 11 is 5.90. The lowest BCUT2D eigenvalue weighted by molar-refractivity contribution is 0.209. The lowest BCUT2D eigenvalue weighted by Crippen LogP contribution is -2.36. The van der Waals surface area contributed by atoms with Crippen LogP contribution in [0.2, 0.25) is 5.02 Å². The number of aromatic nitrogens is 1. The summed E-state index contributed by atoms with van der Waals surface area (Å²) in [4.78, 5) is 18.9. The summed E-state index contributed by atoms with van der Waals surface area (Å²) in [6, 6.07) is 22.8. The molecule has 1 aromatic heterocycles. The molecule has 0 spiro atoms. The highest BCUT2D eigenvalue weighted by Crippen LogP contribution is 2.15. The van der Waals surface area contributed by atoms with Gasteiger partial charge < -0.3 is 10.2 Å². The van der Waals surface area contributed by atoms with Gasteiger partial charge in [0.15, 0.2) is 0 Å². The largest absolute Gasteiger partial charge is 0.322 e. The van der Waals surface area contributed by atoms with Crippen LogP contribution in [-0.2, 0) is 13.0 Å². The fourth-order valence-electron chi connectivity index (χ4n) is 2.58. The Morgan fingerprint density at radius 2 is 1.69 bits per heavy atom. The van der Waals surface area contributed by atoms with Gasteiger partial charge in [-0.05, 0) is 48.4 Å². The van der Waals surface area contributed by atoms with Gasteiger partial charge in [0, 0.05) is 23.5 Å². The van der Waals surface area contributed by atoms with Crippen LogP contribution < -0.4 is 5.32 Å². The maximum absolute atomic E-state index is 12.8. The van der Waals surface area contributed by atoms with Crippen molar-refractivity contribution in [3.63, 3.8) is 0 Å². The van der Waals surface area contributed by atoms with Crippen molar-refractivity contribution in [2.24, 2.45) is 0 Å². The van der Waals surface area contributed by atoms with Gasteiger partial charge in [0.1, 0.15) is 0 Å². The summed E-state index contributed by atoms with van der Waals surface area (Å²) in [6.07, 6.45) is 2.52. The number of pyridine rings is 1. The molecule has 5 heteroatoms. The van der Waals surface area contributed by atoms with E-state index in [1.54, 1.807) is 35.4 Å². The van der Waals surface area contributed by atoms with Crippen molar-refractivity contribution in [3.05, 3.63) is 95.3 Å². The molecule has 1 N–H and O–H groups in total. The quantitative estimate of drug-likeness (QED) is 0.667. The molecule has 4 nitrogen and oxygen atoms in total. The molecule has 0 aliphatic rings. The number of carbonyl (C=O) groups excluding carboxylic acids is 1. The van der Waals surface area contributed by atoms with Gasteiger partial charge in [-0.25, -0.2) is 4.79 Å². The van der Waals surface area contributed by atoms with E-state index in [-0.39, 0.29) is 6.03 Å². The molecule has 0 fully saturated rings. The van der Waals surface area contributed by atoms with Crippen LogP contribution in [0.4, 0.5) is 10.5 Å². The van der Waals surface area contributed by atoms with Crippen LogP contribution in [0, 0.1) is 0 Å². The van der Waals surface area contributed by atoms with Crippen LogP contribution in [0.1, 0.15) is 11.3 Å². The van der Waals surface area contributed by atoms with E-state index < -0.39 is 0 Å². The van der Waals surface area contributed by atoms with E-state index in [1.807, 2.05) is 36.4 Å². The van der Waals surface area contributed by atoms with Crippen molar-refractivity contribution in [1.82, 2.24) is 9.88 Å². The summed E-state index contributed by atoms with van der Waals surface area (Å²) in [5.41, 5.74) is 2.76. The zero-order valence-electron chi connectivity index (χ0n) is 14.3. The van der Waals surface area contributed by atoms with Crippen LogP contribution in [0.3, 0.4) is 0 Å². The SMILES string of the molecule is O=C(Nc1ccc(Cl)cc1)N(CCc1ccccc1)Cc1ccccn1. The molecule has 0 atom stereocenters. The van der Waals surface area contributed by atoms with Gasteiger partial charge in [0.25, 0.3) is 0 Å². The lowest BCUT2D eigenvalue weighted by atomic mass is 10.1. The van der Waals surface area contributed by atoms with E-state index in [0.29, 0.717) is 23.8 Å². The maximum atomic E-state index is 12.8. The molecule has 1 heterocycles. The lowest BCUT2D eigenvalue weighted by Gasteiger charge is -2.23. The highest BCUT2D eigenvalue weighted by atomic mass is 35.5. The van der Waals surface area contributed by atoms with E-state index in [1.165, 1.54) is 5.56 Å². The first-order chi connectivity index (χ1) is 12.7. The Labute approximate surface area is 158 Å². The number of carbonyl (C=O) groups is 1. The zero-order valence-corrected chi connectivity index (χ0v) is 15.1. The number of amides is 2. The molecule has 0 saturated carbocycles. The average molecular weight is 366 g/mol. The second kappa shape index (κ2) is 9.02. The van der Waals surface area contributed by atoms with Crippen molar-refractivity contribution in [1.29, 1.82) is 0 Å². The maximum Gasteiger partial charge on any atom is 0.322 e. The third-order valence-electron chi connectivity index (χ3n) is 3.97. The third kappa shape index (κ3) is 5.33. The van der Waals surface area contributed by atoms with Gasteiger partial charge in [-0.2, -0.15) is 0 Å². The monoisotopic (exact) mass is 365 g/mol. The summed E-state index contributed by atoms with van der Waals surface area (Å²) in [6.45, 7) is 1.05. The van der Waals surface area contributed by atoms with Crippen LogP contribution in [0.5, 0.6) is 0 Å². The van der Waals surface area contributed by atoms with E-state index in [4.69, 9.17) is 11.6 Å². The molecule has 0 aliphatic heterocycles. The third-order valence-corrected chi connectivity index (χ3v) is 4.23. The number of benzene rings is 2. The van der Waals surface area contributed by atoms with Crippen molar-refractivity contribution in [3.8, 4) is 0 Å². The number of hydrogen-bond acceptors (Lipinski definition) is 2. The van der Waals surface area contributed by atoms with Gasteiger partial charge in [-0.3, -0.25) is 4.98 Å². The van der Waals surface area contributed by atoms with Gasteiger partial charge in [-0.1, -0.05) is 48.0 Å². The molecular formula is C21H20ClN3O. The van der Waals surface area contributed by atoms with Crippen LogP contribution >= 0.6 is 11.6 Å². The Hall–Kier alpha value is -2.85. The van der Waals surface area contributed by atoms with Crippen LogP contribution in [0.15, 0.2) is 79.0 Å². The second-order valence-corrected chi connectivity index (χ2v) is 6.35. The van der Waals surface area contributed by atoms with E-state index in [0.717, 1.165) is 12.1 Å². The molecule has 3 rings (SSSR count). The predicted molar refractivity (Wildman–Crippen MR) is 105 cm³/mol. The normalized spacial score (nSPS) is 10.3. The van der Waals surface area contributed by atoms with E-state index in [2.05, 4.69) is 22.4 Å². The van der Waals surface area contributed by atoms with Crippen molar-refractivity contribution in [2.45, 2.75) is 13.0 Å². The first-order valence-corrected chi connectivity index (χ1v) is 8.84. The Bertz CT molecular complexity index is 823. The summed E-state index contributed by atoms with van der Waals surface area (Å²) in [5, 5.41) is 3.56. The molecular weight excluding hydrogens is 346 g/mol. The highest BCUT2D eigenvalue weighted by molar-refractivity contribution is 6.30. The summed E-state index contributed by atoms with van der Waals surface area (Å²) in [7, 11) is 0. The minimum absolute atomic E-state index is 0.158. The fraction of sp³-hybridized carbons (Fsp3) is 0.143. The number of halogens is 1. The van der Waals surface area contributed by atoms with Gasteiger partial charge >= 0.3 is 6.03 Å². The van der Waals surface area contributed by atoms with Crippen molar-refractivity contribution >= 4 is 23.3 Å². The molecule has 132 valence electrons. The highest BCUT2D eigenvalue weighted by Gasteiger charge is 2.15. The number of urea groups is 1. The standard InChI is InChI=1S/C21H20ClN3O/c22-18-9-11-19(12-10-18)24-21(26)25(16-20-8-4-5-14-23-20)15-13-17-6-2-1-3-7-17/h1-12,14H,13,15-16H2,(H,24,26). The van der Waals surface area contributed by atoms with Crippen molar-refractivity contribution < 1.29 is 4.79 Å². The molecule has 26 heavy (non-hydrogen) atoms. The van der Waals surface area contributed by atoms with E-state index in [9.17, 15) is 4.79 Å². The smallest absolute Gasteiger partial charge is 0.318 e. The summed E-state index contributed by atoms with van der Waals surface area (Å²) in [5.74, 6) is 0. The van der Waals surface area contributed by atoms with Gasteiger partial charge in [-0.15, -0.1) is 0 Å². The van der Waals surface area contributed by atoms with E-state index >= 15 is 0 Å². The Balaban J connectivity index is 1.70. The average Bonchev–Trinajstić information content (AvgIpc) is 2.68. The molecule has 0 aliphatic carbocycles.